The second kappa shape index (κ2) is 11.7. The summed E-state index contributed by atoms with van der Waals surface area (Å²) in [5.74, 6) is -0.229. The van der Waals surface area contributed by atoms with Gasteiger partial charge in [0.1, 0.15) is 17.1 Å². The molecule has 0 radical (unpaired) electrons. The number of amides is 1. The smallest absolute Gasteiger partial charge is 0.350 e. The maximum Gasteiger partial charge on any atom is 0.350 e. The average molecular weight is 662 g/mol. The molecule has 1 aliphatic heterocycles. The highest BCUT2D eigenvalue weighted by Crippen LogP contribution is 2.45. The number of methoxy groups -OCH3 is 1. The van der Waals surface area contributed by atoms with Crippen LogP contribution in [0.25, 0.3) is 11.0 Å². The van der Waals surface area contributed by atoms with Crippen molar-refractivity contribution in [2.75, 3.05) is 18.6 Å². The number of ether oxygens (including phenoxy) is 3. The zero-order chi connectivity index (χ0) is 30.2. The highest BCUT2D eigenvalue weighted by atomic mass is 79.9. The van der Waals surface area contributed by atoms with Crippen molar-refractivity contribution in [3.05, 3.63) is 114 Å². The van der Waals surface area contributed by atoms with Gasteiger partial charge >= 0.3 is 5.97 Å². The molecular weight excluding hydrogens is 636 g/mol. The Balaban J connectivity index is 1.51. The number of thiazole rings is 1. The number of hydrogen-bond donors (Lipinski definition) is 0. The molecule has 3 aromatic carbocycles. The van der Waals surface area contributed by atoms with Crippen molar-refractivity contribution in [2.45, 2.75) is 26.5 Å². The number of anilines is 1. The standard InChI is InChI=1S/C32H25BrN2O7S/c1-4-40-24-14-19(10-12-23(24)41-16-18-8-6-5-7-9-18)26-25-27(36)21-15-20(33)11-13-22(21)42-28(25)30(37)35(26)32-34-17(2)29(43-32)31(38)39-3/h5-15,26H,4,16H2,1-3H3. The van der Waals surface area contributed by atoms with E-state index in [0.717, 1.165) is 16.9 Å². The Morgan fingerprint density at radius 1 is 1.05 bits per heavy atom. The molecule has 1 atom stereocenters. The fourth-order valence-electron chi connectivity index (χ4n) is 5.04. The van der Waals surface area contributed by atoms with Crippen LogP contribution in [0.2, 0.25) is 0 Å². The van der Waals surface area contributed by atoms with Gasteiger partial charge in [-0.3, -0.25) is 14.5 Å². The molecule has 1 unspecified atom stereocenters. The second-order valence-corrected chi connectivity index (χ2v) is 11.6. The molecule has 43 heavy (non-hydrogen) atoms. The van der Waals surface area contributed by atoms with Crippen LogP contribution >= 0.6 is 27.3 Å². The van der Waals surface area contributed by atoms with Crippen molar-refractivity contribution in [1.82, 2.24) is 4.98 Å². The van der Waals surface area contributed by atoms with E-state index in [1.54, 1.807) is 43.3 Å². The van der Waals surface area contributed by atoms with E-state index >= 15 is 0 Å². The van der Waals surface area contributed by atoms with Crippen molar-refractivity contribution in [3.63, 3.8) is 0 Å². The van der Waals surface area contributed by atoms with Crippen LogP contribution in [0.5, 0.6) is 11.5 Å². The summed E-state index contributed by atoms with van der Waals surface area (Å²) in [4.78, 5) is 46.7. The van der Waals surface area contributed by atoms with Gasteiger partial charge in [-0.1, -0.05) is 63.7 Å². The SMILES string of the molecule is CCOc1cc(C2c3c(oc4ccc(Br)cc4c3=O)C(=O)N2c2nc(C)c(C(=O)OC)s2)ccc1OCc1ccccc1. The van der Waals surface area contributed by atoms with E-state index in [1.807, 2.05) is 37.3 Å². The Hall–Kier alpha value is -4.48. The fraction of sp³-hybridized carbons (Fsp3) is 0.188. The van der Waals surface area contributed by atoms with Crippen molar-refractivity contribution < 1.29 is 28.2 Å². The zero-order valence-corrected chi connectivity index (χ0v) is 25.8. The van der Waals surface area contributed by atoms with Gasteiger partial charge in [0.25, 0.3) is 5.91 Å². The lowest BCUT2D eigenvalue weighted by atomic mass is 9.98. The van der Waals surface area contributed by atoms with Gasteiger partial charge in [-0.15, -0.1) is 0 Å². The van der Waals surface area contributed by atoms with Crippen LogP contribution in [0.1, 0.15) is 55.6 Å². The monoisotopic (exact) mass is 660 g/mol. The summed E-state index contributed by atoms with van der Waals surface area (Å²) >= 11 is 4.44. The number of hydrogen-bond acceptors (Lipinski definition) is 9. The number of aryl methyl sites for hydroxylation is 1. The molecule has 0 spiro atoms. The Morgan fingerprint density at radius 2 is 1.84 bits per heavy atom. The molecule has 0 bridgehead atoms. The van der Waals surface area contributed by atoms with E-state index in [9.17, 15) is 14.4 Å². The number of carbonyl (C=O) groups is 2. The Labute approximate surface area is 258 Å². The van der Waals surface area contributed by atoms with Gasteiger partial charge < -0.3 is 18.6 Å². The number of aromatic nitrogens is 1. The molecule has 6 rings (SSSR count). The minimum absolute atomic E-state index is 0.0837. The van der Waals surface area contributed by atoms with Gasteiger partial charge in [-0.2, -0.15) is 0 Å². The van der Waals surface area contributed by atoms with Gasteiger partial charge in [-0.25, -0.2) is 9.78 Å². The Morgan fingerprint density at radius 3 is 2.58 bits per heavy atom. The van der Waals surface area contributed by atoms with E-state index in [1.165, 1.54) is 12.0 Å². The summed E-state index contributed by atoms with van der Waals surface area (Å²) in [6, 6.07) is 19.2. The third kappa shape index (κ3) is 5.19. The van der Waals surface area contributed by atoms with E-state index in [-0.39, 0.29) is 32.3 Å². The molecule has 11 heteroatoms. The predicted molar refractivity (Wildman–Crippen MR) is 165 cm³/mol. The number of halogens is 1. The Bertz CT molecular complexity index is 1940. The molecule has 0 N–H and O–H groups in total. The summed E-state index contributed by atoms with van der Waals surface area (Å²) in [6.45, 7) is 4.22. The highest BCUT2D eigenvalue weighted by Gasteiger charge is 2.45. The van der Waals surface area contributed by atoms with Crippen LogP contribution in [-0.2, 0) is 11.3 Å². The van der Waals surface area contributed by atoms with Crippen LogP contribution in [0.3, 0.4) is 0 Å². The van der Waals surface area contributed by atoms with Crippen LogP contribution in [0.4, 0.5) is 5.13 Å². The average Bonchev–Trinajstić information content (AvgIpc) is 3.54. The van der Waals surface area contributed by atoms with Crippen LogP contribution in [0.15, 0.2) is 80.4 Å². The van der Waals surface area contributed by atoms with E-state index in [0.29, 0.717) is 45.8 Å². The largest absolute Gasteiger partial charge is 0.490 e. The topological polar surface area (TPSA) is 108 Å². The van der Waals surface area contributed by atoms with Crippen molar-refractivity contribution in [1.29, 1.82) is 0 Å². The lowest BCUT2D eigenvalue weighted by molar-refractivity contribution is 0.0605. The van der Waals surface area contributed by atoms with Crippen molar-refractivity contribution in [3.8, 4) is 11.5 Å². The third-order valence-corrected chi connectivity index (χ3v) is 8.64. The Kier molecular flexibility index (Phi) is 7.76. The molecule has 5 aromatic rings. The summed E-state index contributed by atoms with van der Waals surface area (Å²) in [6.07, 6.45) is 0. The minimum Gasteiger partial charge on any atom is -0.490 e. The van der Waals surface area contributed by atoms with Crippen molar-refractivity contribution in [2.24, 2.45) is 0 Å². The normalized spacial score (nSPS) is 14.2. The molecule has 9 nitrogen and oxygen atoms in total. The summed E-state index contributed by atoms with van der Waals surface area (Å²) in [5, 5.41) is 0.553. The molecule has 0 fully saturated rings. The molecule has 1 amide bonds. The van der Waals surface area contributed by atoms with Gasteiger partial charge in [0, 0.05) is 4.47 Å². The van der Waals surface area contributed by atoms with Gasteiger partial charge in [0.15, 0.2) is 22.1 Å². The van der Waals surface area contributed by atoms with E-state index in [4.69, 9.17) is 18.6 Å². The lowest BCUT2D eigenvalue weighted by Gasteiger charge is -2.23. The van der Waals surface area contributed by atoms with Crippen LogP contribution in [-0.4, -0.2) is 30.6 Å². The van der Waals surface area contributed by atoms with E-state index in [2.05, 4.69) is 20.9 Å². The van der Waals surface area contributed by atoms with Crippen molar-refractivity contribution >= 4 is 55.2 Å². The first kappa shape index (κ1) is 28.6. The molecule has 3 heterocycles. The molecule has 0 saturated carbocycles. The second-order valence-electron chi connectivity index (χ2n) is 9.71. The highest BCUT2D eigenvalue weighted by molar-refractivity contribution is 9.10. The third-order valence-electron chi connectivity index (χ3n) is 7.01. The number of nitrogens with zero attached hydrogens (tertiary/aromatic N) is 2. The predicted octanol–water partition coefficient (Wildman–Crippen LogP) is 6.83. The maximum absolute atomic E-state index is 14.0. The first-order valence-electron chi connectivity index (χ1n) is 13.4. The van der Waals surface area contributed by atoms with Crippen LogP contribution in [0, 0.1) is 6.92 Å². The first-order valence-corrected chi connectivity index (χ1v) is 15.0. The summed E-state index contributed by atoms with van der Waals surface area (Å²) in [7, 11) is 1.28. The summed E-state index contributed by atoms with van der Waals surface area (Å²) in [5.41, 5.74) is 2.09. The fourth-order valence-corrected chi connectivity index (χ4v) is 6.42. The first-order chi connectivity index (χ1) is 20.8. The molecule has 1 aliphatic rings. The minimum atomic E-state index is -0.916. The number of benzene rings is 3. The lowest BCUT2D eigenvalue weighted by Crippen LogP contribution is -2.29. The maximum atomic E-state index is 14.0. The zero-order valence-electron chi connectivity index (χ0n) is 23.4. The molecule has 0 saturated heterocycles. The quantitative estimate of drug-likeness (QED) is 0.167. The number of esters is 1. The molecule has 2 aromatic heterocycles. The number of fused-ring (bicyclic) bond motifs is 2. The molecule has 218 valence electrons. The summed E-state index contributed by atoms with van der Waals surface area (Å²) < 4.78 is 23.7. The van der Waals surface area contributed by atoms with Gasteiger partial charge in [0.2, 0.25) is 5.76 Å². The molecule has 0 aliphatic carbocycles. The number of rotatable bonds is 8. The van der Waals surface area contributed by atoms with E-state index < -0.39 is 17.9 Å². The molecular formula is C32H25BrN2O7S. The van der Waals surface area contributed by atoms with Gasteiger partial charge in [0.05, 0.1) is 36.4 Å². The number of carbonyl (C=O) groups excluding carboxylic acids is 2. The van der Waals surface area contributed by atoms with Gasteiger partial charge in [-0.05, 0) is 55.3 Å². The van der Waals surface area contributed by atoms with Crippen LogP contribution < -0.4 is 19.8 Å².